The quantitative estimate of drug-likeness (QED) is 0.291. The Morgan fingerprint density at radius 2 is 1.22 bits per heavy atom. The summed E-state index contributed by atoms with van der Waals surface area (Å²) in [6.07, 6.45) is -2.11. The van der Waals surface area contributed by atoms with Crippen LogP contribution >= 0.6 is 0 Å². The fourth-order valence-corrected chi connectivity index (χ4v) is 6.12. The van der Waals surface area contributed by atoms with Gasteiger partial charge in [0.15, 0.2) is 15.3 Å². The predicted molar refractivity (Wildman–Crippen MR) is 143 cm³/mol. The minimum Gasteiger partial charge on any atom is -0.374 e. The minimum absolute atomic E-state index is 0.165. The van der Waals surface area contributed by atoms with E-state index in [9.17, 15) is 8.42 Å². The molecule has 3 aromatic rings. The van der Waals surface area contributed by atoms with E-state index in [-0.39, 0.29) is 19.0 Å². The molecule has 3 aromatic carbocycles. The van der Waals surface area contributed by atoms with Gasteiger partial charge in [-0.2, -0.15) is 0 Å². The van der Waals surface area contributed by atoms with Crippen molar-refractivity contribution in [2.75, 3.05) is 12.4 Å². The third-order valence-corrected chi connectivity index (χ3v) is 8.02. The van der Waals surface area contributed by atoms with Crippen LogP contribution in [0.5, 0.6) is 0 Å². The van der Waals surface area contributed by atoms with Crippen molar-refractivity contribution in [3.8, 4) is 0 Å². The molecule has 1 heterocycles. The Balaban J connectivity index is 1.56. The first-order valence-electron chi connectivity index (χ1n) is 12.4. The summed E-state index contributed by atoms with van der Waals surface area (Å²) >= 11 is 0. The van der Waals surface area contributed by atoms with Gasteiger partial charge in [0.1, 0.15) is 18.3 Å². The highest BCUT2D eigenvalue weighted by Crippen LogP contribution is 2.33. The Kier molecular flexibility index (Phi) is 9.66. The molecule has 4 rings (SSSR count). The molecule has 0 aromatic heterocycles. The van der Waals surface area contributed by atoms with Crippen molar-refractivity contribution in [1.29, 1.82) is 0 Å². The topological polar surface area (TPSA) is 71.1 Å². The van der Waals surface area contributed by atoms with Crippen molar-refractivity contribution < 1.29 is 27.4 Å². The van der Waals surface area contributed by atoms with Gasteiger partial charge in [0.2, 0.25) is 0 Å². The van der Waals surface area contributed by atoms with E-state index in [1.165, 1.54) is 0 Å². The molecule has 196 valence electrons. The van der Waals surface area contributed by atoms with Gasteiger partial charge < -0.3 is 18.9 Å². The van der Waals surface area contributed by atoms with Crippen molar-refractivity contribution in [2.24, 2.45) is 0 Å². The highest BCUT2D eigenvalue weighted by atomic mass is 32.2. The largest absolute Gasteiger partial charge is 0.374 e. The van der Waals surface area contributed by atoms with E-state index >= 15 is 0 Å². The summed E-state index contributed by atoms with van der Waals surface area (Å²) in [6.45, 7) is 6.56. The number of sulfone groups is 1. The second-order valence-electron chi connectivity index (χ2n) is 9.33. The molecular formula is C30H34O6S. The Morgan fingerprint density at radius 1 is 0.757 bits per heavy atom. The normalized spacial score (nSPS) is 21.6. The molecule has 0 spiro atoms. The van der Waals surface area contributed by atoms with Crippen LogP contribution in [0.4, 0.5) is 0 Å². The van der Waals surface area contributed by atoms with Crippen molar-refractivity contribution in [3.05, 3.63) is 120 Å². The maximum atomic E-state index is 13.4. The molecule has 0 N–H and O–H groups in total. The molecule has 37 heavy (non-hydrogen) atoms. The van der Waals surface area contributed by atoms with Crippen LogP contribution in [0.15, 0.2) is 103 Å². The summed E-state index contributed by atoms with van der Waals surface area (Å²) in [7, 11) is -3.72. The second kappa shape index (κ2) is 13.1. The molecule has 1 saturated heterocycles. The van der Waals surface area contributed by atoms with E-state index < -0.39 is 33.6 Å². The van der Waals surface area contributed by atoms with Crippen molar-refractivity contribution in [1.82, 2.24) is 0 Å². The monoisotopic (exact) mass is 522 g/mol. The molecule has 1 aliphatic rings. The van der Waals surface area contributed by atoms with Crippen LogP contribution in [0.1, 0.15) is 23.6 Å². The molecular weight excluding hydrogens is 488 g/mol. The molecule has 0 radical (unpaired) electrons. The van der Waals surface area contributed by atoms with Crippen LogP contribution in [0.3, 0.4) is 0 Å². The van der Waals surface area contributed by atoms with Crippen LogP contribution in [0.25, 0.3) is 0 Å². The standard InChI is InChI=1S/C30H34O6S/c1-23(2)22-37(31,32)30-29(35-20-26-16-10-5-11-17-26)28(34-19-25-14-8-4-9-15-25)27(36-30)21-33-18-24-12-6-3-7-13-24/h3-17,27-30H,1,18-22H2,2H3/t27-,28-,29+,30?/m1/s1. The maximum Gasteiger partial charge on any atom is 0.188 e. The van der Waals surface area contributed by atoms with Crippen LogP contribution in [-0.4, -0.2) is 44.5 Å². The SMILES string of the molecule is C=C(C)CS(=O)(=O)C1O[C@H](COCc2ccccc2)[C@@H](OCc2ccccc2)[C@@H]1OCc1ccccc1. The van der Waals surface area contributed by atoms with Gasteiger partial charge in [0, 0.05) is 0 Å². The number of rotatable bonds is 13. The molecule has 4 atom stereocenters. The van der Waals surface area contributed by atoms with Gasteiger partial charge in [-0.1, -0.05) is 103 Å². The molecule has 1 fully saturated rings. The van der Waals surface area contributed by atoms with Crippen molar-refractivity contribution >= 4 is 9.84 Å². The number of benzene rings is 3. The van der Waals surface area contributed by atoms with Gasteiger partial charge in [-0.05, 0) is 23.6 Å². The molecule has 0 bridgehead atoms. The Labute approximate surface area is 219 Å². The van der Waals surface area contributed by atoms with Crippen LogP contribution in [0, 0.1) is 0 Å². The molecule has 1 unspecified atom stereocenters. The highest BCUT2D eigenvalue weighted by molar-refractivity contribution is 7.92. The predicted octanol–water partition coefficient (Wildman–Crippen LogP) is 5.09. The lowest BCUT2D eigenvalue weighted by molar-refractivity contribution is -0.0896. The molecule has 6 nitrogen and oxygen atoms in total. The number of hydrogen-bond donors (Lipinski definition) is 0. The summed E-state index contributed by atoms with van der Waals surface area (Å²) < 4.78 is 51.4. The summed E-state index contributed by atoms with van der Waals surface area (Å²) in [5.74, 6) is -0.189. The van der Waals surface area contributed by atoms with Crippen LogP contribution < -0.4 is 0 Å². The Hall–Kier alpha value is -2.81. The third kappa shape index (κ3) is 7.84. The maximum absolute atomic E-state index is 13.4. The van der Waals surface area contributed by atoms with Gasteiger partial charge in [0.05, 0.1) is 32.2 Å². The van der Waals surface area contributed by atoms with Gasteiger partial charge >= 0.3 is 0 Å². The lowest BCUT2D eigenvalue weighted by atomic mass is 10.1. The van der Waals surface area contributed by atoms with E-state index in [2.05, 4.69) is 6.58 Å². The minimum atomic E-state index is -3.72. The van der Waals surface area contributed by atoms with Crippen molar-refractivity contribution in [2.45, 2.75) is 50.5 Å². The summed E-state index contributed by atoms with van der Waals surface area (Å²) in [5.41, 5.74) is 2.27. The van der Waals surface area contributed by atoms with E-state index in [1.54, 1.807) is 6.92 Å². The average molecular weight is 523 g/mol. The zero-order valence-electron chi connectivity index (χ0n) is 21.1. The van der Waals surface area contributed by atoms with Gasteiger partial charge in [-0.3, -0.25) is 0 Å². The van der Waals surface area contributed by atoms with Crippen molar-refractivity contribution in [3.63, 3.8) is 0 Å². The fraction of sp³-hybridized carbons (Fsp3) is 0.333. The first-order valence-corrected chi connectivity index (χ1v) is 14.1. The molecule has 0 saturated carbocycles. The van der Waals surface area contributed by atoms with Gasteiger partial charge in [-0.25, -0.2) is 8.42 Å². The molecule has 7 heteroatoms. The van der Waals surface area contributed by atoms with E-state index in [1.807, 2.05) is 91.0 Å². The smallest absolute Gasteiger partial charge is 0.188 e. The zero-order chi connectivity index (χ0) is 26.1. The molecule has 1 aliphatic heterocycles. The van der Waals surface area contributed by atoms with E-state index in [0.29, 0.717) is 18.8 Å². The van der Waals surface area contributed by atoms with E-state index in [0.717, 1.165) is 16.7 Å². The van der Waals surface area contributed by atoms with Gasteiger partial charge in [-0.15, -0.1) is 0 Å². The summed E-state index contributed by atoms with van der Waals surface area (Å²) in [4.78, 5) is 0. The number of hydrogen-bond acceptors (Lipinski definition) is 6. The van der Waals surface area contributed by atoms with Crippen LogP contribution in [0.2, 0.25) is 0 Å². The Bertz CT molecular complexity index is 1210. The lowest BCUT2D eigenvalue weighted by Crippen LogP contribution is -2.41. The second-order valence-corrected chi connectivity index (χ2v) is 11.4. The lowest BCUT2D eigenvalue weighted by Gasteiger charge is -2.25. The summed E-state index contributed by atoms with van der Waals surface area (Å²) in [6, 6.07) is 29.2. The fourth-order valence-electron chi connectivity index (χ4n) is 4.32. The number of ether oxygens (including phenoxy) is 4. The Morgan fingerprint density at radius 3 is 1.70 bits per heavy atom. The van der Waals surface area contributed by atoms with E-state index in [4.69, 9.17) is 18.9 Å². The molecule has 0 aliphatic carbocycles. The highest BCUT2D eigenvalue weighted by Gasteiger charge is 2.52. The van der Waals surface area contributed by atoms with Gasteiger partial charge in [0.25, 0.3) is 0 Å². The first-order chi connectivity index (χ1) is 17.9. The third-order valence-electron chi connectivity index (χ3n) is 6.03. The molecule has 0 amide bonds. The summed E-state index contributed by atoms with van der Waals surface area (Å²) in [5, 5.41) is 0. The first kappa shape index (κ1) is 27.2. The zero-order valence-corrected chi connectivity index (χ0v) is 21.9. The van der Waals surface area contributed by atoms with Crippen LogP contribution in [-0.2, 0) is 48.6 Å². The average Bonchev–Trinajstić information content (AvgIpc) is 3.25.